The van der Waals surface area contributed by atoms with Crippen molar-refractivity contribution in [1.29, 1.82) is 0 Å². The smallest absolute Gasteiger partial charge is 0.274 e. The van der Waals surface area contributed by atoms with Crippen LogP contribution < -0.4 is 20.8 Å². The summed E-state index contributed by atoms with van der Waals surface area (Å²) in [6.07, 6.45) is 0.141. The minimum atomic E-state index is -3.85. The molecule has 1 aliphatic rings. The van der Waals surface area contributed by atoms with E-state index in [1.807, 2.05) is 30.3 Å². The molecule has 9 nitrogen and oxygen atoms in total. The Morgan fingerprint density at radius 1 is 1.00 bits per heavy atom. The van der Waals surface area contributed by atoms with Crippen LogP contribution in [0.4, 0.5) is 15.8 Å². The van der Waals surface area contributed by atoms with Crippen molar-refractivity contribution in [2.24, 2.45) is 0 Å². The van der Waals surface area contributed by atoms with Gasteiger partial charge in [-0.1, -0.05) is 30.3 Å². The Kier molecular flexibility index (Phi) is 7.39. The molecule has 3 aromatic rings. The van der Waals surface area contributed by atoms with E-state index in [1.54, 1.807) is 18.2 Å². The molecule has 0 bridgehead atoms. The predicted molar refractivity (Wildman–Crippen MR) is 127 cm³/mol. The quantitative estimate of drug-likeness (QED) is 0.336. The first-order valence-corrected chi connectivity index (χ1v) is 12.2. The van der Waals surface area contributed by atoms with Gasteiger partial charge in [0.1, 0.15) is 11.9 Å². The molecular weight excluding hydrogens is 475 g/mol. The van der Waals surface area contributed by atoms with Crippen LogP contribution in [0.2, 0.25) is 0 Å². The lowest BCUT2D eigenvalue weighted by atomic mass is 10.1. The molecule has 0 saturated carbocycles. The maximum atomic E-state index is 13.0. The highest BCUT2D eigenvalue weighted by molar-refractivity contribution is 7.89. The molecule has 0 aliphatic carbocycles. The highest BCUT2D eigenvalue weighted by Gasteiger charge is 2.26. The number of benzene rings is 3. The van der Waals surface area contributed by atoms with Crippen molar-refractivity contribution in [3.8, 4) is 0 Å². The first kappa shape index (κ1) is 24.3. The molecular formula is C24H23FN4O5S. The third-order valence-electron chi connectivity index (χ3n) is 5.28. The van der Waals surface area contributed by atoms with Crippen LogP contribution >= 0.6 is 0 Å². The number of hydroxylamine groups is 1. The van der Waals surface area contributed by atoms with E-state index in [1.165, 1.54) is 0 Å². The average Bonchev–Trinajstić information content (AvgIpc) is 2.85. The molecule has 3 aromatic carbocycles. The lowest BCUT2D eigenvalue weighted by Crippen LogP contribution is -2.41. The normalized spacial score (nSPS) is 15.0. The van der Waals surface area contributed by atoms with Crippen molar-refractivity contribution in [1.82, 2.24) is 10.2 Å². The molecule has 4 rings (SSSR count). The largest absolute Gasteiger partial charge is 0.372 e. The monoisotopic (exact) mass is 498 g/mol. The second-order valence-electron chi connectivity index (χ2n) is 7.79. The molecule has 1 atom stereocenters. The number of hydrogen-bond donors (Lipinski definition) is 4. The van der Waals surface area contributed by atoms with Gasteiger partial charge in [0.15, 0.2) is 0 Å². The van der Waals surface area contributed by atoms with Gasteiger partial charge in [-0.05, 0) is 54.4 Å². The number of fused-ring (bicyclic) bond motifs is 1. The second-order valence-corrected chi connectivity index (χ2v) is 9.56. The van der Waals surface area contributed by atoms with Crippen LogP contribution in [-0.4, -0.2) is 32.8 Å². The van der Waals surface area contributed by atoms with Crippen LogP contribution in [0.15, 0.2) is 77.7 Å². The van der Waals surface area contributed by atoms with E-state index in [4.69, 9.17) is 4.84 Å². The van der Waals surface area contributed by atoms with E-state index in [-0.39, 0.29) is 30.4 Å². The van der Waals surface area contributed by atoms with Gasteiger partial charge in [-0.15, -0.1) is 0 Å². The Labute approximate surface area is 201 Å². The van der Waals surface area contributed by atoms with Crippen LogP contribution in [0, 0.1) is 5.82 Å². The zero-order chi connectivity index (χ0) is 24.8. The Balaban J connectivity index is 1.33. The molecule has 0 fully saturated rings. The Bertz CT molecular complexity index is 1320. The van der Waals surface area contributed by atoms with E-state index in [0.29, 0.717) is 16.9 Å². The first-order chi connectivity index (χ1) is 16.8. The topological polar surface area (TPSA) is 126 Å². The van der Waals surface area contributed by atoms with Crippen molar-refractivity contribution in [2.45, 2.75) is 24.0 Å². The number of carbonyl (C=O) groups excluding carboxylic acids is 2. The lowest BCUT2D eigenvalue weighted by molar-refractivity contribution is -0.117. The summed E-state index contributed by atoms with van der Waals surface area (Å²) in [6.45, 7) is 0.176. The van der Waals surface area contributed by atoms with Crippen LogP contribution in [0.1, 0.15) is 22.3 Å². The highest BCUT2D eigenvalue weighted by Crippen LogP contribution is 2.28. The summed E-state index contributed by atoms with van der Waals surface area (Å²) in [5, 5.41) is 5.78. The van der Waals surface area contributed by atoms with Gasteiger partial charge in [-0.3, -0.25) is 14.4 Å². The molecule has 0 saturated heterocycles. The number of amides is 2. The fraction of sp³-hybridized carbons (Fsp3) is 0.167. The molecule has 0 radical (unpaired) electrons. The summed E-state index contributed by atoms with van der Waals surface area (Å²) in [7, 11) is -3.85. The molecule has 11 heteroatoms. The molecule has 1 unspecified atom stereocenters. The Hall–Kier alpha value is -3.80. The fourth-order valence-electron chi connectivity index (χ4n) is 3.44. The van der Waals surface area contributed by atoms with Crippen LogP contribution in [0.5, 0.6) is 0 Å². The first-order valence-electron chi connectivity index (χ1n) is 10.7. The maximum Gasteiger partial charge on any atom is 0.274 e. The molecule has 182 valence electrons. The standard InChI is InChI=1S/C24H23FN4O5S/c25-18-7-9-19(10-8-18)35(32,33)26-13-12-21-24(31)28-20-11-6-17(14-22(20)27-21)23(30)29-34-15-16-4-2-1-3-5-16/h1-11,14,21,26-27H,12-13,15H2,(H,28,31)(H,29,30). The molecule has 1 aliphatic heterocycles. The maximum absolute atomic E-state index is 13.0. The number of nitrogens with one attached hydrogen (secondary N) is 4. The molecule has 1 heterocycles. The predicted octanol–water partition coefficient (Wildman–Crippen LogP) is 2.79. The van der Waals surface area contributed by atoms with Gasteiger partial charge in [-0.2, -0.15) is 0 Å². The molecule has 2 amide bonds. The van der Waals surface area contributed by atoms with Crippen molar-refractivity contribution < 1.29 is 27.2 Å². The van der Waals surface area contributed by atoms with E-state index in [9.17, 15) is 22.4 Å². The van der Waals surface area contributed by atoms with Crippen molar-refractivity contribution >= 4 is 33.2 Å². The number of carbonyl (C=O) groups is 2. The minimum Gasteiger partial charge on any atom is -0.372 e. The summed E-state index contributed by atoms with van der Waals surface area (Å²) in [5.41, 5.74) is 4.63. The third-order valence-corrected chi connectivity index (χ3v) is 6.76. The van der Waals surface area contributed by atoms with Gasteiger partial charge < -0.3 is 10.6 Å². The van der Waals surface area contributed by atoms with Gasteiger partial charge in [0, 0.05) is 12.1 Å². The zero-order valence-electron chi connectivity index (χ0n) is 18.5. The number of anilines is 2. The van der Waals surface area contributed by atoms with Crippen molar-refractivity contribution in [2.75, 3.05) is 17.2 Å². The van der Waals surface area contributed by atoms with E-state index in [0.717, 1.165) is 29.8 Å². The summed E-state index contributed by atoms with van der Waals surface area (Å²) < 4.78 is 40.1. The minimum absolute atomic E-state index is 0.0341. The number of halogens is 1. The summed E-state index contributed by atoms with van der Waals surface area (Å²) in [6, 6.07) is 17.8. The number of hydrogen-bond acceptors (Lipinski definition) is 6. The third kappa shape index (κ3) is 6.21. The van der Waals surface area contributed by atoms with Crippen LogP contribution in [-0.2, 0) is 26.3 Å². The SMILES string of the molecule is O=C(NOCc1ccccc1)c1ccc2c(c1)NC(CCNS(=O)(=O)c1ccc(F)cc1)C(=O)N2. The fourth-order valence-corrected chi connectivity index (χ4v) is 4.49. The van der Waals surface area contributed by atoms with E-state index >= 15 is 0 Å². The summed E-state index contributed by atoms with van der Waals surface area (Å²) >= 11 is 0. The van der Waals surface area contributed by atoms with Gasteiger partial charge in [0.05, 0.1) is 22.9 Å². The van der Waals surface area contributed by atoms with Gasteiger partial charge in [0.2, 0.25) is 15.9 Å². The Morgan fingerprint density at radius 3 is 2.49 bits per heavy atom. The highest BCUT2D eigenvalue weighted by atomic mass is 32.2. The van der Waals surface area contributed by atoms with Gasteiger partial charge in [0.25, 0.3) is 5.91 Å². The van der Waals surface area contributed by atoms with Gasteiger partial charge in [-0.25, -0.2) is 23.0 Å². The molecule has 0 aromatic heterocycles. The van der Waals surface area contributed by atoms with Crippen LogP contribution in [0.3, 0.4) is 0 Å². The summed E-state index contributed by atoms with van der Waals surface area (Å²) in [5.74, 6) is -1.32. The number of rotatable bonds is 9. The molecule has 35 heavy (non-hydrogen) atoms. The zero-order valence-corrected chi connectivity index (χ0v) is 19.3. The van der Waals surface area contributed by atoms with Crippen molar-refractivity contribution in [3.63, 3.8) is 0 Å². The molecule has 4 N–H and O–H groups in total. The molecule has 0 spiro atoms. The number of sulfonamides is 1. The van der Waals surface area contributed by atoms with Crippen LogP contribution in [0.25, 0.3) is 0 Å². The van der Waals surface area contributed by atoms with Crippen molar-refractivity contribution in [3.05, 3.63) is 89.7 Å². The summed E-state index contributed by atoms with van der Waals surface area (Å²) in [4.78, 5) is 30.1. The average molecular weight is 499 g/mol. The lowest BCUT2D eigenvalue weighted by Gasteiger charge is -2.27. The Morgan fingerprint density at radius 2 is 1.74 bits per heavy atom. The van der Waals surface area contributed by atoms with Gasteiger partial charge >= 0.3 is 0 Å². The second kappa shape index (κ2) is 10.6. The van der Waals surface area contributed by atoms with E-state index < -0.39 is 27.8 Å². The van der Waals surface area contributed by atoms with E-state index in [2.05, 4.69) is 20.8 Å².